The second-order valence-corrected chi connectivity index (χ2v) is 5.92. The Kier molecular flexibility index (Phi) is 10.2. The first-order valence-corrected chi connectivity index (χ1v) is 8.48. The van der Waals surface area contributed by atoms with Gasteiger partial charge in [0.1, 0.15) is 0 Å². The van der Waals surface area contributed by atoms with Crippen molar-refractivity contribution < 1.29 is 5.48 Å². The van der Waals surface area contributed by atoms with Gasteiger partial charge in [-0.2, -0.15) is 0 Å². The molecule has 0 aromatic heterocycles. The van der Waals surface area contributed by atoms with E-state index in [4.69, 9.17) is 0 Å². The van der Waals surface area contributed by atoms with Gasteiger partial charge < -0.3 is 5.48 Å². The predicted molar refractivity (Wildman–Crippen MR) is 88.7 cm³/mol. The van der Waals surface area contributed by atoms with Crippen molar-refractivity contribution in [2.24, 2.45) is 0 Å². The van der Waals surface area contributed by atoms with Crippen molar-refractivity contribution in [2.45, 2.75) is 40.8 Å². The molecule has 0 saturated heterocycles. The Bertz CT molecular complexity index is 344. The average Bonchev–Trinajstić information content (AvgIpc) is 2.45. The zero-order valence-corrected chi connectivity index (χ0v) is 15.5. The minimum absolute atomic E-state index is 0. The fourth-order valence-corrected chi connectivity index (χ4v) is 2.97. The molecule has 1 rings (SSSR count). The van der Waals surface area contributed by atoms with Crippen LogP contribution in [0.2, 0.25) is 0 Å². The molecule has 0 aliphatic rings. The van der Waals surface area contributed by atoms with E-state index in [1.54, 1.807) is 0 Å². The predicted octanol–water partition coefficient (Wildman–Crippen LogP) is 1.34. The van der Waals surface area contributed by atoms with Crippen LogP contribution in [0.3, 0.4) is 0 Å². The van der Waals surface area contributed by atoms with Gasteiger partial charge in [-0.05, 0) is 0 Å². The minimum atomic E-state index is 0. The zero-order chi connectivity index (χ0) is 14.3. The van der Waals surface area contributed by atoms with Crippen LogP contribution in [0.15, 0.2) is 18.2 Å². The molecular weight excluding hydrogens is 309 g/mol. The number of nitrogens with zero attached hydrogens (tertiary/aromatic N) is 2. The molecule has 0 aliphatic heterocycles. The van der Waals surface area contributed by atoms with E-state index in [9.17, 15) is 0 Å². The Morgan fingerprint density at radius 3 is 1.45 bits per heavy atom. The Morgan fingerprint density at radius 1 is 0.800 bits per heavy atom. The third kappa shape index (κ3) is 5.56. The third-order valence-corrected chi connectivity index (χ3v) is 5.16. The summed E-state index contributed by atoms with van der Waals surface area (Å²) in [6.45, 7) is 15.6. The van der Waals surface area contributed by atoms with Crippen molar-refractivity contribution in [3.05, 3.63) is 29.3 Å². The maximum absolute atomic E-state index is 2.48. The topological polar surface area (TPSA) is 38.0 Å². The molecule has 3 nitrogen and oxygen atoms in total. The van der Waals surface area contributed by atoms with E-state index >= 15 is 0 Å². The maximum Gasteiger partial charge on any atom is -0.412 e. The molecule has 0 unspecified atom stereocenters. The van der Waals surface area contributed by atoms with E-state index in [0.29, 0.717) is 0 Å². The van der Waals surface area contributed by atoms with Crippen LogP contribution in [0.5, 0.6) is 0 Å². The van der Waals surface area contributed by atoms with Gasteiger partial charge in [0.15, 0.2) is 0 Å². The SMILES string of the molecule is CCN(CC)Cc1cccc(CN(CC)CC)[c]1[Ge].O. The van der Waals surface area contributed by atoms with Gasteiger partial charge in [-0.1, -0.05) is 0 Å². The molecule has 0 spiro atoms. The third-order valence-electron chi connectivity index (χ3n) is 3.81. The van der Waals surface area contributed by atoms with Crippen LogP contribution in [0.4, 0.5) is 0 Å². The number of hydrogen-bond donors (Lipinski definition) is 0. The summed E-state index contributed by atoms with van der Waals surface area (Å²) < 4.78 is 1.47. The molecular formula is C16H29GeN2O. The molecule has 2 N–H and O–H groups in total. The van der Waals surface area contributed by atoms with Gasteiger partial charge in [-0.25, -0.2) is 0 Å². The second-order valence-electron chi connectivity index (χ2n) is 4.87. The van der Waals surface area contributed by atoms with Crippen LogP contribution in [0, 0.1) is 0 Å². The van der Waals surface area contributed by atoms with Gasteiger partial charge in [0.05, 0.1) is 0 Å². The average molecular weight is 338 g/mol. The summed E-state index contributed by atoms with van der Waals surface area (Å²) >= 11 is 2.28. The Hall–Kier alpha value is -0.357. The van der Waals surface area contributed by atoms with Crippen LogP contribution in [-0.2, 0) is 13.1 Å². The molecule has 3 radical (unpaired) electrons. The van der Waals surface area contributed by atoms with Crippen molar-refractivity contribution >= 4 is 20.9 Å². The van der Waals surface area contributed by atoms with E-state index in [0.717, 1.165) is 39.3 Å². The summed E-state index contributed by atoms with van der Waals surface area (Å²) in [6.07, 6.45) is 0. The van der Waals surface area contributed by atoms with Crippen LogP contribution < -0.4 is 4.40 Å². The van der Waals surface area contributed by atoms with Crippen LogP contribution in [0.25, 0.3) is 0 Å². The first kappa shape index (κ1) is 19.6. The quantitative estimate of drug-likeness (QED) is 0.671. The summed E-state index contributed by atoms with van der Waals surface area (Å²) in [4.78, 5) is 4.95. The molecule has 4 heteroatoms. The van der Waals surface area contributed by atoms with Crippen molar-refractivity contribution in [2.75, 3.05) is 26.2 Å². The summed E-state index contributed by atoms with van der Waals surface area (Å²) in [5.74, 6) is 0. The standard InChI is InChI=1S/C16H27GeN2.H2O/c1-5-18(6-2)12-14-10-9-11-15(16(14)17)13-19(7-3)8-4;/h9-11H,5-8,12-13H2,1-4H3;1H2. The molecule has 0 heterocycles. The van der Waals surface area contributed by atoms with Crippen molar-refractivity contribution in [1.82, 2.24) is 9.80 Å². The van der Waals surface area contributed by atoms with E-state index < -0.39 is 0 Å². The molecule has 0 saturated carbocycles. The van der Waals surface area contributed by atoms with Gasteiger partial charge >= 0.3 is 127 Å². The molecule has 0 bridgehead atoms. The van der Waals surface area contributed by atoms with Gasteiger partial charge in [-0.3, -0.25) is 0 Å². The fraction of sp³-hybridized carbons (Fsp3) is 0.625. The normalized spacial score (nSPS) is 10.9. The van der Waals surface area contributed by atoms with Gasteiger partial charge in [0.25, 0.3) is 0 Å². The molecule has 113 valence electrons. The summed E-state index contributed by atoms with van der Waals surface area (Å²) in [5, 5.41) is 0. The van der Waals surface area contributed by atoms with Gasteiger partial charge in [-0.15, -0.1) is 0 Å². The number of benzene rings is 1. The van der Waals surface area contributed by atoms with Gasteiger partial charge in [0, 0.05) is 0 Å². The van der Waals surface area contributed by atoms with E-state index in [2.05, 4.69) is 72.2 Å². The zero-order valence-electron chi connectivity index (χ0n) is 13.4. The number of hydrogen-bond acceptors (Lipinski definition) is 2. The van der Waals surface area contributed by atoms with Gasteiger partial charge in [0.2, 0.25) is 0 Å². The van der Waals surface area contributed by atoms with Crippen molar-refractivity contribution in [3.63, 3.8) is 0 Å². The van der Waals surface area contributed by atoms with E-state index in [-0.39, 0.29) is 5.48 Å². The summed E-state index contributed by atoms with van der Waals surface area (Å²) in [7, 11) is 0. The molecule has 0 fully saturated rings. The van der Waals surface area contributed by atoms with Crippen molar-refractivity contribution in [1.29, 1.82) is 0 Å². The monoisotopic (exact) mass is 339 g/mol. The number of rotatable bonds is 8. The van der Waals surface area contributed by atoms with Crippen LogP contribution in [0.1, 0.15) is 38.8 Å². The molecule has 20 heavy (non-hydrogen) atoms. The fourth-order valence-electron chi connectivity index (χ4n) is 2.29. The molecule has 1 aromatic carbocycles. The molecule has 0 aliphatic carbocycles. The molecule has 0 amide bonds. The smallest absolute Gasteiger partial charge is 0.412 e. The molecule has 1 aromatic rings. The Balaban J connectivity index is 0.00000361. The molecule has 0 atom stereocenters. The first-order chi connectivity index (χ1) is 9.15. The second kappa shape index (κ2) is 10.4. The minimum Gasteiger partial charge on any atom is -0.412 e. The Morgan fingerprint density at radius 2 is 1.15 bits per heavy atom. The maximum atomic E-state index is 2.48. The first-order valence-electron chi connectivity index (χ1n) is 7.43. The van der Waals surface area contributed by atoms with Crippen LogP contribution >= 0.6 is 0 Å². The largest absolute Gasteiger partial charge is 0.412 e. The van der Waals surface area contributed by atoms with Crippen LogP contribution in [-0.4, -0.2) is 58.0 Å². The van der Waals surface area contributed by atoms with E-state index in [1.165, 1.54) is 15.5 Å². The summed E-state index contributed by atoms with van der Waals surface area (Å²) in [5.41, 5.74) is 2.96. The summed E-state index contributed by atoms with van der Waals surface area (Å²) in [6, 6.07) is 6.77. The van der Waals surface area contributed by atoms with Crippen molar-refractivity contribution in [3.8, 4) is 0 Å². The van der Waals surface area contributed by atoms with E-state index in [1.807, 2.05) is 0 Å². The Labute approximate surface area is 132 Å².